The molecule has 0 radical (unpaired) electrons. The van der Waals surface area contributed by atoms with E-state index in [9.17, 15) is 4.79 Å². The number of rotatable bonds is 11. The van der Waals surface area contributed by atoms with Crippen molar-refractivity contribution in [3.63, 3.8) is 0 Å². The number of aliphatic hydroxyl groups is 1. The van der Waals surface area contributed by atoms with Crippen LogP contribution in [0.3, 0.4) is 0 Å². The maximum atomic E-state index is 13.9. The first-order chi connectivity index (χ1) is 18.4. The molecule has 38 heavy (non-hydrogen) atoms. The fourth-order valence-electron chi connectivity index (χ4n) is 4.38. The Kier molecular flexibility index (Phi) is 9.10. The quantitative estimate of drug-likeness (QED) is 0.219. The van der Waals surface area contributed by atoms with Gasteiger partial charge in [0.25, 0.3) is 5.91 Å². The highest BCUT2D eigenvalue weighted by atomic mass is 35.5. The number of hydrogen-bond donors (Lipinski definition) is 2. The number of aliphatic imine (C=N–C) groups is 1. The minimum atomic E-state index is -1.34. The van der Waals surface area contributed by atoms with Crippen LogP contribution in [0.25, 0.3) is 0 Å². The summed E-state index contributed by atoms with van der Waals surface area (Å²) in [5.41, 5.74) is 2.04. The minimum Gasteiger partial charge on any atom is -0.494 e. The predicted molar refractivity (Wildman–Crippen MR) is 151 cm³/mol. The van der Waals surface area contributed by atoms with Crippen molar-refractivity contribution in [1.29, 1.82) is 0 Å². The van der Waals surface area contributed by atoms with Crippen LogP contribution in [0.4, 0.5) is 0 Å². The molecular weight excluding hydrogens is 523 g/mol. The molecule has 2 N–H and O–H groups in total. The molecule has 3 aromatic rings. The van der Waals surface area contributed by atoms with Gasteiger partial charge in [-0.15, -0.1) is 6.58 Å². The largest absolute Gasteiger partial charge is 0.494 e. The molecular formula is C30H30Cl2N2O4. The molecule has 3 aromatic carbocycles. The summed E-state index contributed by atoms with van der Waals surface area (Å²) < 4.78 is 12.0. The minimum absolute atomic E-state index is 0.0642. The van der Waals surface area contributed by atoms with Crippen molar-refractivity contribution < 1.29 is 19.4 Å². The van der Waals surface area contributed by atoms with Crippen LogP contribution in [0, 0.1) is 6.92 Å². The van der Waals surface area contributed by atoms with Gasteiger partial charge in [-0.3, -0.25) is 4.79 Å². The summed E-state index contributed by atoms with van der Waals surface area (Å²) in [5.74, 6) is 0.677. The number of halogens is 2. The molecule has 8 heteroatoms. The van der Waals surface area contributed by atoms with E-state index in [1.54, 1.807) is 36.4 Å². The lowest BCUT2D eigenvalue weighted by Crippen LogP contribution is -2.47. The summed E-state index contributed by atoms with van der Waals surface area (Å²) in [6.45, 7) is 6.72. The Balaban J connectivity index is 1.69. The first-order valence-electron chi connectivity index (χ1n) is 12.4. The molecule has 0 unspecified atom stereocenters. The lowest BCUT2D eigenvalue weighted by molar-refractivity contribution is -0.129. The third kappa shape index (κ3) is 6.21. The third-order valence-electron chi connectivity index (χ3n) is 6.27. The Morgan fingerprint density at radius 2 is 1.97 bits per heavy atom. The summed E-state index contributed by atoms with van der Waals surface area (Å²) in [4.78, 5) is 18.8. The molecule has 198 valence electrons. The molecule has 1 aliphatic heterocycles. The maximum absolute atomic E-state index is 13.9. The highest BCUT2D eigenvalue weighted by Crippen LogP contribution is 2.45. The number of carbonyl (C=O) groups excluding carboxylic acids is 1. The number of amides is 1. The third-order valence-corrected chi connectivity index (χ3v) is 6.83. The van der Waals surface area contributed by atoms with Crippen molar-refractivity contribution in [3.8, 4) is 5.75 Å². The average molecular weight is 553 g/mol. The first kappa shape index (κ1) is 27.7. The molecule has 0 bridgehead atoms. The van der Waals surface area contributed by atoms with Crippen LogP contribution in [-0.2, 0) is 16.1 Å². The van der Waals surface area contributed by atoms with Crippen LogP contribution >= 0.6 is 23.2 Å². The van der Waals surface area contributed by atoms with Crippen molar-refractivity contribution in [2.75, 3.05) is 13.2 Å². The molecule has 0 saturated carbocycles. The van der Waals surface area contributed by atoms with Gasteiger partial charge in [0.05, 0.1) is 6.61 Å². The summed E-state index contributed by atoms with van der Waals surface area (Å²) in [6, 6.07) is 20.3. The maximum Gasteiger partial charge on any atom is 0.252 e. The van der Waals surface area contributed by atoms with Gasteiger partial charge in [-0.1, -0.05) is 65.2 Å². The zero-order valence-electron chi connectivity index (χ0n) is 21.1. The second-order valence-electron chi connectivity index (χ2n) is 9.12. The molecule has 6 nitrogen and oxygen atoms in total. The van der Waals surface area contributed by atoms with E-state index in [4.69, 9.17) is 42.8 Å². The number of aliphatic hydroxyl groups excluding tert-OH is 1. The number of ether oxygens (including phenoxy) is 2. The summed E-state index contributed by atoms with van der Waals surface area (Å²) >= 11 is 12.8. The number of carbonyl (C=O) groups is 1. The standard InChI is InChI=1S/C30H30Cl2N2O4/c1-3-14-30(29(36)33-19-21-7-4-6-20(2)17-21)27(25-13-10-23(31)18-26(25)32)38-28(34-30)22-8-11-24(12-9-22)37-16-5-15-35/h3-4,6-13,17-18,27,35H,1,5,14-16,19H2,2H3,(H,33,36)/t27-,30-/m1/s1. The van der Waals surface area contributed by atoms with Gasteiger partial charge < -0.3 is 19.9 Å². The van der Waals surface area contributed by atoms with E-state index in [1.807, 2.05) is 43.3 Å². The van der Waals surface area contributed by atoms with E-state index in [-0.39, 0.29) is 18.9 Å². The van der Waals surface area contributed by atoms with Gasteiger partial charge in [-0.2, -0.15) is 0 Å². The lowest BCUT2D eigenvalue weighted by atomic mass is 9.84. The van der Waals surface area contributed by atoms with Crippen LogP contribution in [0.1, 0.15) is 41.2 Å². The van der Waals surface area contributed by atoms with Crippen molar-refractivity contribution in [3.05, 3.63) is 112 Å². The molecule has 0 saturated heterocycles. The van der Waals surface area contributed by atoms with Crippen molar-refractivity contribution in [1.82, 2.24) is 5.32 Å². The highest BCUT2D eigenvalue weighted by molar-refractivity contribution is 6.35. The van der Waals surface area contributed by atoms with Gasteiger partial charge in [-0.25, -0.2) is 4.99 Å². The first-order valence-corrected chi connectivity index (χ1v) is 13.1. The van der Waals surface area contributed by atoms with Crippen LogP contribution in [0.5, 0.6) is 5.75 Å². The fraction of sp³-hybridized carbons (Fsp3) is 0.267. The van der Waals surface area contributed by atoms with Crippen LogP contribution < -0.4 is 10.1 Å². The van der Waals surface area contributed by atoms with E-state index >= 15 is 0 Å². The zero-order valence-corrected chi connectivity index (χ0v) is 22.6. The second-order valence-corrected chi connectivity index (χ2v) is 9.96. The summed E-state index contributed by atoms with van der Waals surface area (Å²) in [5, 5.41) is 12.9. The fourth-order valence-corrected chi connectivity index (χ4v) is 4.89. The lowest BCUT2D eigenvalue weighted by Gasteiger charge is -2.30. The van der Waals surface area contributed by atoms with Gasteiger partial charge in [0.15, 0.2) is 11.6 Å². The zero-order chi connectivity index (χ0) is 27.1. The highest BCUT2D eigenvalue weighted by Gasteiger charge is 2.53. The predicted octanol–water partition coefficient (Wildman–Crippen LogP) is 6.21. The Morgan fingerprint density at radius 1 is 1.18 bits per heavy atom. The number of benzene rings is 3. The molecule has 1 amide bonds. The summed E-state index contributed by atoms with van der Waals surface area (Å²) in [7, 11) is 0. The van der Waals surface area contributed by atoms with Gasteiger partial charge in [-0.05, 0) is 48.9 Å². The van der Waals surface area contributed by atoms with Crippen molar-refractivity contribution in [2.24, 2.45) is 4.99 Å². The molecule has 2 atom stereocenters. The Labute approximate surface area is 232 Å². The van der Waals surface area contributed by atoms with Crippen LogP contribution in [0.15, 0.2) is 84.4 Å². The average Bonchev–Trinajstić information content (AvgIpc) is 3.28. The van der Waals surface area contributed by atoms with Crippen molar-refractivity contribution >= 4 is 35.0 Å². The van der Waals surface area contributed by atoms with E-state index in [0.717, 1.165) is 11.1 Å². The van der Waals surface area contributed by atoms with Crippen molar-refractivity contribution in [2.45, 2.75) is 38.0 Å². The van der Waals surface area contributed by atoms with Crippen LogP contribution in [0.2, 0.25) is 10.0 Å². The smallest absolute Gasteiger partial charge is 0.252 e. The molecule has 4 rings (SSSR count). The molecule has 0 aromatic heterocycles. The monoisotopic (exact) mass is 552 g/mol. The number of aryl methyl sites for hydroxylation is 1. The van der Waals surface area contributed by atoms with E-state index < -0.39 is 11.6 Å². The van der Waals surface area contributed by atoms with Gasteiger partial charge in [0.2, 0.25) is 5.90 Å². The Hall–Kier alpha value is -3.32. The molecule has 0 spiro atoms. The molecule has 0 aliphatic carbocycles. The SMILES string of the molecule is C=CC[C@@]1(C(=O)NCc2cccc(C)c2)N=C(c2ccc(OCCCO)cc2)O[C@@H]1c1ccc(Cl)cc1Cl. The summed E-state index contributed by atoms with van der Waals surface area (Å²) in [6.07, 6.45) is 1.63. The normalized spacial score (nSPS) is 18.4. The van der Waals surface area contributed by atoms with Crippen LogP contribution in [-0.4, -0.2) is 35.7 Å². The Bertz CT molecular complexity index is 1330. The number of nitrogens with zero attached hydrogens (tertiary/aromatic N) is 1. The number of hydrogen-bond acceptors (Lipinski definition) is 5. The van der Waals surface area contributed by atoms with E-state index in [2.05, 4.69) is 11.9 Å². The van der Waals surface area contributed by atoms with E-state index in [1.165, 1.54) is 0 Å². The molecule has 1 heterocycles. The second kappa shape index (κ2) is 12.5. The molecule has 0 fully saturated rings. The van der Waals surface area contributed by atoms with Gasteiger partial charge in [0, 0.05) is 47.2 Å². The van der Waals surface area contributed by atoms with Gasteiger partial charge >= 0.3 is 0 Å². The Morgan fingerprint density at radius 3 is 2.66 bits per heavy atom. The van der Waals surface area contributed by atoms with E-state index in [0.29, 0.717) is 52.4 Å². The topological polar surface area (TPSA) is 80.2 Å². The molecule has 1 aliphatic rings. The number of nitrogens with one attached hydrogen (secondary N) is 1. The van der Waals surface area contributed by atoms with Gasteiger partial charge in [0.1, 0.15) is 5.75 Å².